The average molecular weight is 293 g/mol. The number of fused-ring (bicyclic) bond motifs is 1. The first-order valence-corrected chi connectivity index (χ1v) is 7.73. The molecule has 0 unspecified atom stereocenters. The van der Waals surface area contributed by atoms with Gasteiger partial charge in [0.1, 0.15) is 5.82 Å². The molecule has 0 N–H and O–H groups in total. The Morgan fingerprint density at radius 2 is 2.14 bits per heavy atom. The standard InChI is InChI=1S/C17H19N5/c1-21-15-6-3-2-5-13(15)20-17(21)12-22-10-4-7-16(22)14-11-18-8-9-19-14/h2-3,5-6,8-9,11,16H,4,7,10,12H2,1H3/t16-/m1/s1. The van der Waals surface area contributed by atoms with Gasteiger partial charge in [-0.15, -0.1) is 0 Å². The number of hydrogen-bond acceptors (Lipinski definition) is 4. The number of likely N-dealkylation sites (tertiary alicyclic amines) is 1. The maximum Gasteiger partial charge on any atom is 0.123 e. The number of benzene rings is 1. The molecule has 4 rings (SSSR count). The maximum atomic E-state index is 4.79. The van der Waals surface area contributed by atoms with E-state index in [1.54, 1.807) is 12.4 Å². The molecule has 5 heteroatoms. The Hall–Kier alpha value is -2.27. The lowest BCUT2D eigenvalue weighted by Gasteiger charge is -2.23. The molecule has 112 valence electrons. The van der Waals surface area contributed by atoms with Crippen molar-refractivity contribution in [1.29, 1.82) is 0 Å². The third kappa shape index (κ3) is 2.27. The summed E-state index contributed by atoms with van der Waals surface area (Å²) in [4.78, 5) is 16.0. The van der Waals surface area contributed by atoms with Crippen molar-refractivity contribution in [2.75, 3.05) is 6.54 Å². The van der Waals surface area contributed by atoms with Gasteiger partial charge in [0.25, 0.3) is 0 Å². The van der Waals surface area contributed by atoms with E-state index in [1.165, 1.54) is 11.9 Å². The largest absolute Gasteiger partial charge is 0.330 e. The van der Waals surface area contributed by atoms with E-state index in [0.29, 0.717) is 6.04 Å². The first-order valence-electron chi connectivity index (χ1n) is 7.73. The van der Waals surface area contributed by atoms with E-state index in [1.807, 2.05) is 12.3 Å². The van der Waals surface area contributed by atoms with E-state index >= 15 is 0 Å². The van der Waals surface area contributed by atoms with Crippen LogP contribution in [-0.4, -0.2) is 31.0 Å². The zero-order chi connectivity index (χ0) is 14.9. The van der Waals surface area contributed by atoms with Crippen LogP contribution in [0.15, 0.2) is 42.9 Å². The van der Waals surface area contributed by atoms with Crippen molar-refractivity contribution in [3.8, 4) is 0 Å². The molecule has 2 aromatic heterocycles. The van der Waals surface area contributed by atoms with Crippen LogP contribution >= 0.6 is 0 Å². The molecule has 0 amide bonds. The Kier molecular flexibility index (Phi) is 3.35. The average Bonchev–Trinajstić information content (AvgIpc) is 3.15. The highest BCUT2D eigenvalue weighted by molar-refractivity contribution is 5.75. The van der Waals surface area contributed by atoms with Gasteiger partial charge in [-0.2, -0.15) is 0 Å². The minimum Gasteiger partial charge on any atom is -0.330 e. The fraction of sp³-hybridized carbons (Fsp3) is 0.353. The lowest BCUT2D eigenvalue weighted by atomic mass is 10.1. The van der Waals surface area contributed by atoms with Crippen molar-refractivity contribution < 1.29 is 0 Å². The van der Waals surface area contributed by atoms with Gasteiger partial charge < -0.3 is 4.57 Å². The molecule has 1 aliphatic rings. The summed E-state index contributed by atoms with van der Waals surface area (Å²) < 4.78 is 2.20. The third-order valence-electron chi connectivity index (χ3n) is 4.51. The summed E-state index contributed by atoms with van der Waals surface area (Å²) >= 11 is 0. The van der Waals surface area contributed by atoms with Gasteiger partial charge in [-0.05, 0) is 31.5 Å². The summed E-state index contributed by atoms with van der Waals surface area (Å²) in [6.45, 7) is 1.94. The van der Waals surface area contributed by atoms with Gasteiger partial charge in [0, 0.05) is 25.6 Å². The Morgan fingerprint density at radius 1 is 1.23 bits per heavy atom. The van der Waals surface area contributed by atoms with Crippen LogP contribution in [0.2, 0.25) is 0 Å². The van der Waals surface area contributed by atoms with Gasteiger partial charge in [0.05, 0.1) is 29.3 Å². The lowest BCUT2D eigenvalue weighted by Crippen LogP contribution is -2.25. The number of imidazole rings is 1. The molecule has 5 nitrogen and oxygen atoms in total. The highest BCUT2D eigenvalue weighted by Crippen LogP contribution is 2.31. The smallest absolute Gasteiger partial charge is 0.123 e. The predicted octanol–water partition coefficient (Wildman–Crippen LogP) is 2.70. The molecule has 1 aromatic carbocycles. The van der Waals surface area contributed by atoms with E-state index in [4.69, 9.17) is 4.98 Å². The molecule has 0 bridgehead atoms. The fourth-order valence-corrected chi connectivity index (χ4v) is 3.35. The van der Waals surface area contributed by atoms with E-state index in [0.717, 1.165) is 36.5 Å². The van der Waals surface area contributed by atoms with Gasteiger partial charge in [-0.25, -0.2) is 4.98 Å². The molecule has 0 spiro atoms. The van der Waals surface area contributed by atoms with Gasteiger partial charge in [-0.3, -0.25) is 14.9 Å². The topological polar surface area (TPSA) is 46.8 Å². The first kappa shape index (κ1) is 13.4. The number of hydrogen-bond donors (Lipinski definition) is 0. The highest BCUT2D eigenvalue weighted by atomic mass is 15.2. The molecule has 0 aliphatic carbocycles. The van der Waals surface area contributed by atoms with Crippen molar-refractivity contribution in [1.82, 2.24) is 24.4 Å². The van der Waals surface area contributed by atoms with Crippen LogP contribution in [0, 0.1) is 0 Å². The summed E-state index contributed by atoms with van der Waals surface area (Å²) in [6, 6.07) is 8.65. The predicted molar refractivity (Wildman–Crippen MR) is 85.1 cm³/mol. The van der Waals surface area contributed by atoms with Gasteiger partial charge in [0.2, 0.25) is 0 Å². The summed E-state index contributed by atoms with van der Waals surface area (Å²) in [7, 11) is 2.10. The van der Waals surface area contributed by atoms with Crippen molar-refractivity contribution in [2.24, 2.45) is 7.05 Å². The highest BCUT2D eigenvalue weighted by Gasteiger charge is 2.28. The van der Waals surface area contributed by atoms with Crippen LogP contribution in [0.3, 0.4) is 0 Å². The SMILES string of the molecule is Cn1c(CN2CCC[C@@H]2c2cnccn2)nc2ccccc21. The van der Waals surface area contributed by atoms with Gasteiger partial charge >= 0.3 is 0 Å². The number of aromatic nitrogens is 4. The second-order valence-electron chi connectivity index (χ2n) is 5.83. The minimum atomic E-state index is 0.355. The lowest BCUT2D eigenvalue weighted by molar-refractivity contribution is 0.236. The molecule has 22 heavy (non-hydrogen) atoms. The number of nitrogens with zero attached hydrogens (tertiary/aromatic N) is 5. The summed E-state index contributed by atoms with van der Waals surface area (Å²) in [6.07, 6.45) is 7.74. The van der Waals surface area contributed by atoms with Crippen LogP contribution in [0.1, 0.15) is 30.4 Å². The normalized spacial score (nSPS) is 19.0. The Labute approximate surface area is 129 Å². The van der Waals surface area contributed by atoms with Gasteiger partial charge in [-0.1, -0.05) is 12.1 Å². The molecule has 1 aliphatic heterocycles. The van der Waals surface area contributed by atoms with Crippen LogP contribution < -0.4 is 0 Å². The number of rotatable bonds is 3. The Balaban J connectivity index is 1.63. The maximum absolute atomic E-state index is 4.79. The molecule has 3 heterocycles. The van der Waals surface area contributed by atoms with Crippen molar-refractivity contribution >= 4 is 11.0 Å². The second-order valence-corrected chi connectivity index (χ2v) is 5.83. The third-order valence-corrected chi connectivity index (χ3v) is 4.51. The van der Waals surface area contributed by atoms with Crippen LogP contribution in [0.4, 0.5) is 0 Å². The van der Waals surface area contributed by atoms with Crippen LogP contribution in [-0.2, 0) is 13.6 Å². The summed E-state index contributed by atoms with van der Waals surface area (Å²) in [5.41, 5.74) is 3.32. The monoisotopic (exact) mass is 293 g/mol. The van der Waals surface area contributed by atoms with E-state index in [-0.39, 0.29) is 0 Å². The van der Waals surface area contributed by atoms with Crippen molar-refractivity contribution in [3.63, 3.8) is 0 Å². The van der Waals surface area contributed by atoms with Gasteiger partial charge in [0.15, 0.2) is 0 Å². The Bertz CT molecular complexity index is 780. The van der Waals surface area contributed by atoms with Crippen LogP contribution in [0.5, 0.6) is 0 Å². The fourth-order valence-electron chi connectivity index (χ4n) is 3.35. The van der Waals surface area contributed by atoms with E-state index in [9.17, 15) is 0 Å². The number of para-hydroxylation sites is 2. The molecule has 0 radical (unpaired) electrons. The number of aryl methyl sites for hydroxylation is 1. The molecular weight excluding hydrogens is 274 g/mol. The summed E-state index contributed by atoms with van der Waals surface area (Å²) in [5, 5.41) is 0. The van der Waals surface area contributed by atoms with Crippen LogP contribution in [0.25, 0.3) is 11.0 Å². The van der Waals surface area contributed by atoms with E-state index < -0.39 is 0 Å². The van der Waals surface area contributed by atoms with Crippen molar-refractivity contribution in [2.45, 2.75) is 25.4 Å². The minimum absolute atomic E-state index is 0.355. The molecule has 1 saturated heterocycles. The van der Waals surface area contributed by atoms with E-state index in [2.05, 4.69) is 44.7 Å². The second kappa shape index (κ2) is 5.50. The molecule has 0 saturated carbocycles. The summed E-state index contributed by atoms with van der Waals surface area (Å²) in [5.74, 6) is 1.11. The quantitative estimate of drug-likeness (QED) is 0.745. The Morgan fingerprint density at radius 3 is 2.95 bits per heavy atom. The first-order chi connectivity index (χ1) is 10.8. The molecule has 1 atom stereocenters. The molecule has 3 aromatic rings. The zero-order valence-corrected chi connectivity index (χ0v) is 12.7. The zero-order valence-electron chi connectivity index (χ0n) is 12.7. The molecular formula is C17H19N5. The van der Waals surface area contributed by atoms with Crippen molar-refractivity contribution in [3.05, 3.63) is 54.4 Å². The molecule has 1 fully saturated rings.